The third-order valence-corrected chi connectivity index (χ3v) is 28.4. The SMILES string of the molecule is COc1nnc(O[C@@H]2C[C@H]3C(=O)C[C@]4(C(=O)NS(=O)(=O)C5(C)CC5)C[C@H]4/C=C\CC[C@@H](C)C[C@@H](C)[C@H](CC(=O)CC(C)(C)C)C(=O)N3C2)c2ccccc12.COc1nnc(O[C@@H]2C[C@H]3C(=O)C[C@]4(C(=O)NS(=O)(=O)C5(C)CC5)C[C@H]4/C=C\CC[C@H](C)C[C@@H](C)[C@H](CC(=O)CC(C)(C)C)C(=O)N3C2)c2ccccc12. The molecule has 4 amide bonds. The molecule has 12 rings (SSSR count). The van der Waals surface area contributed by atoms with E-state index in [4.69, 9.17) is 18.9 Å². The van der Waals surface area contributed by atoms with Gasteiger partial charge in [0.05, 0.1) is 81.3 Å². The minimum Gasteiger partial charge on any atom is -0.479 e. The minimum absolute atomic E-state index is 0.00179. The van der Waals surface area contributed by atoms with E-state index in [1.807, 2.05) is 128 Å². The molecule has 14 atom stereocenters. The van der Waals surface area contributed by atoms with Crippen LogP contribution in [0.2, 0.25) is 0 Å². The first-order chi connectivity index (χ1) is 50.7. The van der Waals surface area contributed by atoms with Gasteiger partial charge in [0, 0.05) is 63.2 Å². The van der Waals surface area contributed by atoms with Gasteiger partial charge >= 0.3 is 0 Å². The number of carbonyl (C=O) groups is 8. The Labute approximate surface area is 636 Å². The summed E-state index contributed by atoms with van der Waals surface area (Å²) in [4.78, 5) is 117. The van der Waals surface area contributed by atoms with Gasteiger partial charge in [-0.2, -0.15) is 0 Å². The Hall–Kier alpha value is -7.74. The number of nitrogens with one attached hydrogen (secondary N) is 2. The number of Topliss-reactive ketones (excluding diaryl/α,β-unsaturated/α-hetero) is 4. The Morgan fingerprint density at radius 1 is 0.519 bits per heavy atom. The number of hydrogen-bond donors (Lipinski definition) is 2. The highest BCUT2D eigenvalue weighted by atomic mass is 32.2. The molecule has 4 saturated carbocycles. The molecule has 588 valence electrons. The zero-order valence-corrected chi connectivity index (χ0v) is 67.1. The van der Waals surface area contributed by atoms with Crippen molar-refractivity contribution in [2.45, 2.75) is 245 Å². The van der Waals surface area contributed by atoms with Crippen LogP contribution >= 0.6 is 0 Å². The Balaban J connectivity index is 0.000000215. The third-order valence-electron chi connectivity index (χ3n) is 24.1. The van der Waals surface area contributed by atoms with Crippen molar-refractivity contribution in [1.29, 1.82) is 0 Å². The fraction of sp³-hybridized carbons (Fsp3) is 0.659. The molecule has 0 radical (unpaired) electrons. The molecule has 4 aromatic rings. The minimum atomic E-state index is -3.94. The zero-order valence-electron chi connectivity index (χ0n) is 65.4. The number of nitrogens with zero attached hydrogens (tertiary/aromatic N) is 6. The summed E-state index contributed by atoms with van der Waals surface area (Å²) in [5, 5.41) is 19.7. The van der Waals surface area contributed by atoms with Gasteiger partial charge in [0.25, 0.3) is 0 Å². The monoisotopic (exact) mass is 1530 g/mol. The Kier molecular flexibility index (Phi) is 23.7. The second kappa shape index (κ2) is 31.6. The number of amides is 4. The molecule has 0 unspecified atom stereocenters. The summed E-state index contributed by atoms with van der Waals surface area (Å²) in [6.45, 7) is 23.7. The van der Waals surface area contributed by atoms with Crippen LogP contribution in [0.5, 0.6) is 23.5 Å². The number of fused-ring (bicyclic) bond motifs is 6. The van der Waals surface area contributed by atoms with E-state index in [0.29, 0.717) is 84.7 Å². The first-order valence-corrected chi connectivity index (χ1v) is 41.8. The molecule has 2 saturated heterocycles. The molecular formula is C82H112N8O16S2. The number of hydrogen-bond acceptors (Lipinski definition) is 20. The molecule has 2 N–H and O–H groups in total. The summed E-state index contributed by atoms with van der Waals surface area (Å²) in [5.41, 5.74) is -3.01. The standard InChI is InChI=1S/2C41H56N4O8S/c2*1-25-12-8-9-13-27-21-41(27,38(49)44-54(50,51)40(6)16-17-40)23-34(47)33-20-29(53-36-31-15-11-10-14-30(31)35(52-7)42-43-36)24-45(33)37(48)32(26(2)18-25)19-28(46)22-39(3,4)5/h2*9-11,13-15,25-27,29,32-33H,8,12,16-24H2,1-7H3,(H,44,49)/b2*13-9-/t25-,26+,27+,29+,32-,33-,41+;25-,26-,27-,29-,32+,33+,41-/m01/s1. The average Bonchev–Trinajstić information content (AvgIpc) is 1.57. The molecule has 4 aliphatic carbocycles. The quantitative estimate of drug-likeness (QED) is 0.0874. The van der Waals surface area contributed by atoms with Crippen LogP contribution in [0.3, 0.4) is 0 Å². The number of allylic oxidation sites excluding steroid dienone is 4. The fourth-order valence-electron chi connectivity index (χ4n) is 16.9. The van der Waals surface area contributed by atoms with E-state index in [2.05, 4.69) is 43.7 Å². The first kappa shape index (κ1) is 81.3. The van der Waals surface area contributed by atoms with Crippen LogP contribution in [0.1, 0.15) is 212 Å². The van der Waals surface area contributed by atoms with Crippen LogP contribution in [-0.4, -0.2) is 155 Å². The van der Waals surface area contributed by atoms with Crippen molar-refractivity contribution in [3.05, 3.63) is 72.8 Å². The summed E-state index contributed by atoms with van der Waals surface area (Å²) in [7, 11) is -4.86. The lowest BCUT2D eigenvalue weighted by atomic mass is 9.79. The number of rotatable bonds is 18. The molecule has 2 aromatic carbocycles. The largest absolute Gasteiger partial charge is 0.479 e. The summed E-state index contributed by atoms with van der Waals surface area (Å²) in [6.07, 6.45) is 14.4. The van der Waals surface area contributed by atoms with Gasteiger partial charge in [0.2, 0.25) is 67.2 Å². The van der Waals surface area contributed by atoms with Crippen LogP contribution in [0.15, 0.2) is 72.8 Å². The van der Waals surface area contributed by atoms with E-state index in [1.165, 1.54) is 14.2 Å². The lowest BCUT2D eigenvalue weighted by molar-refractivity contribution is -0.145. The number of aromatic nitrogens is 4. The van der Waals surface area contributed by atoms with Crippen molar-refractivity contribution < 1.29 is 74.1 Å². The van der Waals surface area contributed by atoms with E-state index >= 15 is 0 Å². The van der Waals surface area contributed by atoms with Crippen LogP contribution in [0.25, 0.3) is 21.5 Å². The maximum absolute atomic E-state index is 14.9. The van der Waals surface area contributed by atoms with Crippen molar-refractivity contribution in [1.82, 2.24) is 39.6 Å². The third kappa shape index (κ3) is 18.2. The fourth-order valence-corrected chi connectivity index (χ4v) is 19.6. The van der Waals surface area contributed by atoms with Crippen molar-refractivity contribution in [2.75, 3.05) is 27.3 Å². The summed E-state index contributed by atoms with van der Waals surface area (Å²) in [6, 6.07) is 12.9. The second-order valence-electron chi connectivity index (χ2n) is 35.9. The zero-order chi connectivity index (χ0) is 78.4. The molecule has 108 heavy (non-hydrogen) atoms. The Bertz CT molecular complexity index is 4150. The van der Waals surface area contributed by atoms with Crippen molar-refractivity contribution in [3.63, 3.8) is 0 Å². The molecule has 6 heterocycles. The predicted octanol–water partition coefficient (Wildman–Crippen LogP) is 11.9. The first-order valence-electron chi connectivity index (χ1n) is 38.8. The van der Waals surface area contributed by atoms with Crippen LogP contribution in [0.4, 0.5) is 0 Å². The van der Waals surface area contributed by atoms with E-state index in [1.54, 1.807) is 23.6 Å². The van der Waals surface area contributed by atoms with Crippen LogP contribution < -0.4 is 28.4 Å². The van der Waals surface area contributed by atoms with Gasteiger partial charge in [-0.25, -0.2) is 16.8 Å². The van der Waals surface area contributed by atoms with Crippen molar-refractivity contribution in [2.24, 2.45) is 69.0 Å². The van der Waals surface area contributed by atoms with Gasteiger partial charge in [-0.15, -0.1) is 20.4 Å². The van der Waals surface area contributed by atoms with Gasteiger partial charge in [-0.1, -0.05) is 118 Å². The Morgan fingerprint density at radius 2 is 0.852 bits per heavy atom. The van der Waals surface area contributed by atoms with Gasteiger partial charge < -0.3 is 28.7 Å². The maximum atomic E-state index is 14.9. The molecule has 2 aromatic heterocycles. The Morgan fingerprint density at radius 3 is 1.18 bits per heavy atom. The lowest BCUT2D eigenvalue weighted by Crippen LogP contribution is -2.48. The molecule has 24 nitrogen and oxygen atoms in total. The highest BCUT2D eigenvalue weighted by Crippen LogP contribution is 2.59. The molecule has 0 spiro atoms. The highest BCUT2D eigenvalue weighted by Gasteiger charge is 2.65. The predicted molar refractivity (Wildman–Crippen MR) is 408 cm³/mol. The van der Waals surface area contributed by atoms with E-state index in [-0.39, 0.29) is 145 Å². The van der Waals surface area contributed by atoms with E-state index < -0.39 is 88.3 Å². The summed E-state index contributed by atoms with van der Waals surface area (Å²) >= 11 is 0. The van der Waals surface area contributed by atoms with Crippen LogP contribution in [0, 0.1) is 69.0 Å². The van der Waals surface area contributed by atoms with Crippen molar-refractivity contribution in [3.8, 4) is 23.5 Å². The van der Waals surface area contributed by atoms with Gasteiger partial charge in [0.15, 0.2) is 11.6 Å². The summed E-state index contributed by atoms with van der Waals surface area (Å²) < 4.78 is 79.3. The molecule has 26 heteroatoms. The number of benzene rings is 2. The summed E-state index contributed by atoms with van der Waals surface area (Å²) in [5.74, 6) is -3.17. The average molecular weight is 1530 g/mol. The number of sulfonamides is 2. The topological polar surface area (TPSA) is 324 Å². The van der Waals surface area contributed by atoms with Gasteiger partial charge in [0.1, 0.15) is 23.8 Å². The normalized spacial score (nSPS) is 30.7. The number of ether oxygens (including phenoxy) is 4. The van der Waals surface area contributed by atoms with E-state index in [0.717, 1.165) is 38.5 Å². The lowest BCUT2D eigenvalue weighted by Gasteiger charge is -2.32. The molecule has 6 fully saturated rings. The van der Waals surface area contributed by atoms with Crippen molar-refractivity contribution >= 4 is 88.4 Å². The molecule has 0 bridgehead atoms. The van der Waals surface area contributed by atoms with E-state index in [9.17, 15) is 55.2 Å². The molecule has 4 aliphatic heterocycles. The second-order valence-corrected chi connectivity index (χ2v) is 40.3. The maximum Gasteiger partial charge on any atom is 0.242 e. The number of ketones is 4. The number of methoxy groups -OCH3 is 2. The van der Waals surface area contributed by atoms with Crippen LogP contribution in [-0.2, 0) is 58.4 Å². The van der Waals surface area contributed by atoms with Gasteiger partial charge in [-0.3, -0.25) is 47.8 Å². The van der Waals surface area contributed by atoms with Gasteiger partial charge in [-0.05, 0) is 162 Å². The molecule has 8 aliphatic rings. The smallest absolute Gasteiger partial charge is 0.242 e. The molecular weight excluding hydrogens is 1420 g/mol. The number of carbonyl (C=O) groups excluding carboxylic acids is 8. The highest BCUT2D eigenvalue weighted by molar-refractivity contribution is 7.92.